The van der Waals surface area contributed by atoms with E-state index in [1.807, 2.05) is 0 Å². The van der Waals surface area contributed by atoms with E-state index in [4.69, 9.17) is 9.22 Å². The molecule has 0 aromatic carbocycles. The quantitative estimate of drug-likeness (QED) is 0.698. The topological polar surface area (TPSA) is 58.6 Å². The summed E-state index contributed by atoms with van der Waals surface area (Å²) in [5, 5.41) is 10.8. The van der Waals surface area contributed by atoms with E-state index in [9.17, 15) is 4.79 Å². The number of carbonyl (C=O) groups is 1. The van der Waals surface area contributed by atoms with E-state index >= 15 is 0 Å². The third-order valence-corrected chi connectivity index (χ3v) is 8.34. The number of rotatable bonds is 7. The first-order valence-electron chi connectivity index (χ1n) is 5.90. The van der Waals surface area contributed by atoms with Gasteiger partial charge >= 0.3 is 6.09 Å². The van der Waals surface area contributed by atoms with Gasteiger partial charge in [-0.1, -0.05) is 6.58 Å². The maximum absolute atomic E-state index is 10.4. The van der Waals surface area contributed by atoms with Crippen LogP contribution < -0.4 is 5.32 Å². The van der Waals surface area contributed by atoms with Gasteiger partial charge in [0.05, 0.1) is 0 Å². The molecule has 0 bridgehead atoms. The zero-order chi connectivity index (χ0) is 13.7. The lowest BCUT2D eigenvalue weighted by Crippen LogP contribution is -2.42. The van der Waals surface area contributed by atoms with Gasteiger partial charge in [-0.25, -0.2) is 4.79 Å². The van der Waals surface area contributed by atoms with Crippen LogP contribution in [0.15, 0.2) is 12.3 Å². The van der Waals surface area contributed by atoms with E-state index in [1.54, 1.807) is 0 Å². The summed E-state index contributed by atoms with van der Waals surface area (Å²) in [4.78, 5) is 10.4. The summed E-state index contributed by atoms with van der Waals surface area (Å²) in [7, 11) is -3.07. The van der Waals surface area contributed by atoms with Crippen molar-refractivity contribution in [1.29, 1.82) is 0 Å². The van der Waals surface area contributed by atoms with Crippen molar-refractivity contribution in [3.63, 3.8) is 0 Å². The molecule has 0 fully saturated rings. The third-order valence-electron chi connectivity index (χ3n) is 2.12. The Labute approximate surface area is 106 Å². The Kier molecular flexibility index (Phi) is 6.14. The zero-order valence-corrected chi connectivity index (χ0v) is 13.6. The van der Waals surface area contributed by atoms with E-state index in [0.29, 0.717) is 12.1 Å². The van der Waals surface area contributed by atoms with Crippen LogP contribution in [0.1, 0.15) is 12.8 Å². The lowest BCUT2D eigenvalue weighted by atomic mass is 10.3. The van der Waals surface area contributed by atoms with E-state index in [0.717, 1.165) is 12.5 Å². The molecule has 0 aromatic heterocycles. The molecule has 0 aromatic rings. The fraction of sp³-hybridized carbons (Fsp3) is 0.727. The van der Waals surface area contributed by atoms with Crippen LogP contribution in [0.3, 0.4) is 0 Å². The van der Waals surface area contributed by atoms with Crippen molar-refractivity contribution in [3.05, 3.63) is 12.3 Å². The molecule has 0 saturated heterocycles. The Morgan fingerprint density at radius 2 is 1.82 bits per heavy atom. The first-order valence-corrected chi connectivity index (χ1v) is 12.4. The summed E-state index contributed by atoms with van der Waals surface area (Å²) in [6, 6.07) is 1.04. The van der Waals surface area contributed by atoms with E-state index < -0.39 is 22.7 Å². The van der Waals surface area contributed by atoms with Crippen LogP contribution in [0.2, 0.25) is 38.8 Å². The molecule has 6 heteroatoms. The van der Waals surface area contributed by atoms with E-state index in [2.05, 4.69) is 44.6 Å². The fourth-order valence-electron chi connectivity index (χ4n) is 1.82. The molecule has 0 heterocycles. The molecule has 0 aliphatic heterocycles. The molecule has 0 spiro atoms. The second-order valence-corrected chi connectivity index (χ2v) is 14.9. The molecule has 0 saturated carbocycles. The van der Waals surface area contributed by atoms with Crippen LogP contribution >= 0.6 is 0 Å². The van der Waals surface area contributed by atoms with Crippen molar-refractivity contribution in [1.82, 2.24) is 5.32 Å². The molecule has 2 N–H and O–H groups in total. The Balaban J connectivity index is 3.95. The predicted octanol–water partition coefficient (Wildman–Crippen LogP) is 3.60. The summed E-state index contributed by atoms with van der Waals surface area (Å²) in [5.41, 5.74) is 0.565. The minimum absolute atomic E-state index is 0.565. The second kappa shape index (κ2) is 6.37. The van der Waals surface area contributed by atoms with Crippen LogP contribution in [0, 0.1) is 0 Å². The number of carboxylic acid groups (broad SMARTS) is 1. The van der Waals surface area contributed by atoms with Gasteiger partial charge in [-0.05, 0) is 51.6 Å². The lowest BCUT2D eigenvalue weighted by Gasteiger charge is -2.31. The normalized spacial score (nSPS) is 12.3. The highest BCUT2D eigenvalue weighted by Gasteiger charge is 2.28. The second-order valence-electron chi connectivity index (χ2n) is 5.86. The predicted molar refractivity (Wildman–Crippen MR) is 76.3 cm³/mol. The van der Waals surface area contributed by atoms with Gasteiger partial charge in [0.15, 0.2) is 16.6 Å². The van der Waals surface area contributed by atoms with Gasteiger partial charge in [-0.3, -0.25) is 5.32 Å². The van der Waals surface area contributed by atoms with Crippen LogP contribution in [-0.4, -0.2) is 27.8 Å². The van der Waals surface area contributed by atoms with Crippen LogP contribution in [0.25, 0.3) is 0 Å². The largest absolute Gasteiger partial charge is 0.465 e. The van der Waals surface area contributed by atoms with Crippen LogP contribution in [-0.2, 0) is 4.12 Å². The summed E-state index contributed by atoms with van der Waals surface area (Å²) < 4.78 is 6.20. The van der Waals surface area contributed by atoms with Gasteiger partial charge in [-0.2, -0.15) is 0 Å². The van der Waals surface area contributed by atoms with Crippen molar-refractivity contribution in [2.75, 3.05) is 0 Å². The highest BCUT2D eigenvalue weighted by molar-refractivity contribution is 6.84. The molecule has 0 unspecified atom stereocenters. The summed E-state index contributed by atoms with van der Waals surface area (Å²) in [6.07, 6.45) is 0.588. The van der Waals surface area contributed by atoms with E-state index in [-0.39, 0.29) is 0 Å². The number of nitrogens with one attached hydrogen (secondary N) is 1. The lowest BCUT2D eigenvalue weighted by molar-refractivity contribution is 0.197. The number of hydrogen-bond acceptors (Lipinski definition) is 2. The van der Waals surface area contributed by atoms with Crippen molar-refractivity contribution >= 4 is 22.7 Å². The highest BCUT2D eigenvalue weighted by Crippen LogP contribution is 2.21. The molecule has 17 heavy (non-hydrogen) atoms. The number of amides is 1. The van der Waals surface area contributed by atoms with Gasteiger partial charge in [-0.15, -0.1) is 0 Å². The highest BCUT2D eigenvalue weighted by atomic mass is 28.4. The molecular weight excluding hydrogens is 250 g/mol. The van der Waals surface area contributed by atoms with Crippen LogP contribution in [0.5, 0.6) is 0 Å². The van der Waals surface area contributed by atoms with Crippen molar-refractivity contribution in [2.45, 2.75) is 51.6 Å². The standard InChI is InChI=1S/C11H25NO3Si2/c1-10(12-11(13)14)8-7-9-17(5,6)15-16(2,3)4/h12H,1,7-9H2,2-6H3,(H,13,14). The fourth-order valence-corrected chi connectivity index (χ4v) is 9.89. The first-order chi connectivity index (χ1) is 7.52. The maximum atomic E-state index is 10.4. The smallest absolute Gasteiger partial charge is 0.408 e. The summed E-state index contributed by atoms with van der Waals surface area (Å²) >= 11 is 0. The third kappa shape index (κ3) is 10.3. The van der Waals surface area contributed by atoms with Crippen molar-refractivity contribution in [3.8, 4) is 0 Å². The molecule has 0 radical (unpaired) electrons. The Morgan fingerprint density at radius 1 is 1.29 bits per heavy atom. The molecule has 0 aliphatic rings. The SMILES string of the molecule is C=C(CCC[Si](C)(C)O[Si](C)(C)C)NC(=O)O. The molecule has 4 nitrogen and oxygen atoms in total. The monoisotopic (exact) mass is 275 g/mol. The van der Waals surface area contributed by atoms with E-state index in [1.165, 1.54) is 0 Å². The molecule has 0 atom stereocenters. The van der Waals surface area contributed by atoms with Gasteiger partial charge in [0, 0.05) is 5.70 Å². The zero-order valence-electron chi connectivity index (χ0n) is 11.6. The summed E-state index contributed by atoms with van der Waals surface area (Å²) in [6.45, 7) is 14.7. The summed E-state index contributed by atoms with van der Waals surface area (Å²) in [5.74, 6) is 0. The van der Waals surface area contributed by atoms with Gasteiger partial charge in [0.25, 0.3) is 0 Å². The molecule has 100 valence electrons. The Hall–Kier alpha value is -0.596. The van der Waals surface area contributed by atoms with Gasteiger partial charge in [0.2, 0.25) is 0 Å². The molecule has 0 rings (SSSR count). The molecular formula is C11H25NO3Si2. The number of allylic oxidation sites excluding steroid dienone is 1. The van der Waals surface area contributed by atoms with Gasteiger partial charge < -0.3 is 9.22 Å². The Morgan fingerprint density at radius 3 is 2.24 bits per heavy atom. The average molecular weight is 275 g/mol. The average Bonchev–Trinajstić information content (AvgIpc) is 1.95. The first kappa shape index (κ1) is 16.4. The molecule has 1 amide bonds. The molecule has 0 aliphatic carbocycles. The minimum atomic E-state index is -1.60. The Bertz CT molecular complexity index is 285. The van der Waals surface area contributed by atoms with Crippen LogP contribution in [0.4, 0.5) is 4.79 Å². The van der Waals surface area contributed by atoms with Gasteiger partial charge in [0.1, 0.15) is 0 Å². The van der Waals surface area contributed by atoms with Crippen molar-refractivity contribution < 1.29 is 14.0 Å². The van der Waals surface area contributed by atoms with Crippen molar-refractivity contribution in [2.24, 2.45) is 0 Å². The minimum Gasteiger partial charge on any atom is -0.465 e. The number of hydrogen-bond donors (Lipinski definition) is 2. The maximum Gasteiger partial charge on any atom is 0.408 e.